The molecule has 3 rings (SSSR count). The van der Waals surface area contributed by atoms with Crippen LogP contribution < -0.4 is 15.4 Å². The van der Waals surface area contributed by atoms with Gasteiger partial charge in [-0.15, -0.1) is 0 Å². The maximum absolute atomic E-state index is 12.3. The summed E-state index contributed by atoms with van der Waals surface area (Å²) in [7, 11) is 1.47. The Hall–Kier alpha value is -3.75. The minimum atomic E-state index is -0.400. The average Bonchev–Trinajstić information content (AvgIpc) is 2.93. The second-order valence-corrected chi connectivity index (χ2v) is 6.43. The van der Waals surface area contributed by atoms with Gasteiger partial charge in [0.05, 0.1) is 23.9 Å². The number of nitrogens with zero attached hydrogens (tertiary/aromatic N) is 2. The molecule has 9 nitrogen and oxygen atoms in total. The first-order valence-corrected chi connectivity index (χ1v) is 8.96. The van der Waals surface area contributed by atoms with Crippen molar-refractivity contribution in [3.05, 3.63) is 47.8 Å². The lowest BCUT2D eigenvalue weighted by Gasteiger charge is -2.14. The van der Waals surface area contributed by atoms with E-state index in [1.165, 1.54) is 32.5 Å². The van der Waals surface area contributed by atoms with Gasteiger partial charge in [-0.2, -0.15) is 0 Å². The van der Waals surface area contributed by atoms with Gasteiger partial charge in [0, 0.05) is 38.0 Å². The van der Waals surface area contributed by atoms with Crippen LogP contribution in [0.5, 0.6) is 5.75 Å². The van der Waals surface area contributed by atoms with Gasteiger partial charge >= 0.3 is 0 Å². The highest BCUT2D eigenvalue weighted by molar-refractivity contribution is 6.21. The molecular weight excluding hydrogens is 376 g/mol. The second-order valence-electron chi connectivity index (χ2n) is 6.43. The van der Waals surface area contributed by atoms with E-state index in [1.54, 1.807) is 18.2 Å². The van der Waals surface area contributed by atoms with Crippen molar-refractivity contribution < 1.29 is 23.9 Å². The van der Waals surface area contributed by atoms with Crippen LogP contribution in [-0.2, 0) is 9.59 Å². The number of fused-ring (bicyclic) bond motifs is 1. The number of hydrogen-bond donors (Lipinski definition) is 2. The summed E-state index contributed by atoms with van der Waals surface area (Å²) in [6, 6.07) is 6.40. The molecule has 0 saturated heterocycles. The van der Waals surface area contributed by atoms with Gasteiger partial charge in [0.2, 0.25) is 11.8 Å². The molecule has 0 radical (unpaired) electrons. The van der Waals surface area contributed by atoms with Crippen molar-refractivity contribution in [3.63, 3.8) is 0 Å². The van der Waals surface area contributed by atoms with Gasteiger partial charge in [0.25, 0.3) is 11.8 Å². The lowest BCUT2D eigenvalue weighted by Crippen LogP contribution is -2.31. The van der Waals surface area contributed by atoms with Crippen LogP contribution in [0, 0.1) is 0 Å². The standard InChI is InChI=1S/C20H20N4O5/c1-12(25)22-13-5-6-17(29-2)16(10-13)23-18(26)4-3-9-24-19(27)14-7-8-21-11-15(14)20(24)28/h5-8,10-11H,3-4,9H2,1-2H3,(H,22,25)(H,23,26). The Morgan fingerprint density at radius 1 is 1.10 bits per heavy atom. The summed E-state index contributed by atoms with van der Waals surface area (Å²) >= 11 is 0. The van der Waals surface area contributed by atoms with Gasteiger partial charge in [0.1, 0.15) is 5.75 Å². The highest BCUT2D eigenvalue weighted by Crippen LogP contribution is 2.28. The number of ether oxygens (including phenoxy) is 1. The van der Waals surface area contributed by atoms with Crippen molar-refractivity contribution >= 4 is 35.0 Å². The van der Waals surface area contributed by atoms with E-state index in [0.717, 1.165) is 4.90 Å². The van der Waals surface area contributed by atoms with Crippen molar-refractivity contribution in [2.45, 2.75) is 19.8 Å². The first-order valence-electron chi connectivity index (χ1n) is 8.96. The molecule has 29 heavy (non-hydrogen) atoms. The summed E-state index contributed by atoms with van der Waals surface area (Å²) in [5.74, 6) is -0.869. The number of benzene rings is 1. The van der Waals surface area contributed by atoms with E-state index < -0.39 is 5.91 Å². The van der Waals surface area contributed by atoms with Crippen LogP contribution in [0.15, 0.2) is 36.7 Å². The van der Waals surface area contributed by atoms with Crippen molar-refractivity contribution in [1.82, 2.24) is 9.88 Å². The Balaban J connectivity index is 1.58. The van der Waals surface area contributed by atoms with Crippen molar-refractivity contribution in [3.8, 4) is 5.75 Å². The predicted molar refractivity (Wildman–Crippen MR) is 105 cm³/mol. The number of anilines is 2. The van der Waals surface area contributed by atoms with Crippen LogP contribution in [0.25, 0.3) is 0 Å². The highest BCUT2D eigenvalue weighted by Gasteiger charge is 2.35. The Bertz CT molecular complexity index is 954. The molecule has 4 amide bonds. The Labute approximate surface area is 167 Å². The predicted octanol–water partition coefficient (Wildman–Crippen LogP) is 2.06. The molecule has 0 bridgehead atoms. The number of methoxy groups -OCH3 is 1. The molecule has 2 aromatic rings. The minimum absolute atomic E-state index is 0.0964. The monoisotopic (exact) mass is 396 g/mol. The van der Waals surface area contributed by atoms with Crippen LogP contribution in [0.2, 0.25) is 0 Å². The maximum Gasteiger partial charge on any atom is 0.263 e. The van der Waals surface area contributed by atoms with E-state index in [2.05, 4.69) is 15.6 Å². The van der Waals surface area contributed by atoms with E-state index in [9.17, 15) is 19.2 Å². The lowest BCUT2D eigenvalue weighted by atomic mass is 10.2. The molecule has 0 unspecified atom stereocenters. The number of aromatic nitrogens is 1. The second kappa shape index (κ2) is 8.51. The highest BCUT2D eigenvalue weighted by atomic mass is 16.5. The van der Waals surface area contributed by atoms with Crippen LogP contribution in [-0.4, -0.2) is 47.2 Å². The Kier molecular flexibility index (Phi) is 5.87. The summed E-state index contributed by atoms with van der Waals surface area (Å²) in [5, 5.41) is 5.36. The number of pyridine rings is 1. The number of nitrogens with one attached hydrogen (secondary N) is 2. The number of rotatable bonds is 7. The molecule has 0 spiro atoms. The van der Waals surface area contributed by atoms with Gasteiger partial charge in [-0.3, -0.25) is 29.1 Å². The zero-order valence-electron chi connectivity index (χ0n) is 16.0. The molecule has 1 aromatic heterocycles. The summed E-state index contributed by atoms with van der Waals surface area (Å²) in [6.45, 7) is 1.51. The zero-order chi connectivity index (χ0) is 21.0. The molecule has 0 fully saturated rings. The number of amides is 4. The summed E-state index contributed by atoms with van der Waals surface area (Å²) in [4.78, 5) is 53.1. The number of carbonyl (C=O) groups excluding carboxylic acids is 4. The fourth-order valence-electron chi connectivity index (χ4n) is 3.03. The van der Waals surface area contributed by atoms with Crippen molar-refractivity contribution in [1.29, 1.82) is 0 Å². The van der Waals surface area contributed by atoms with E-state index in [0.29, 0.717) is 29.1 Å². The van der Waals surface area contributed by atoms with Crippen LogP contribution >= 0.6 is 0 Å². The first-order chi connectivity index (χ1) is 13.9. The third kappa shape index (κ3) is 4.40. The summed E-state index contributed by atoms with van der Waals surface area (Å²) in [6.07, 6.45) is 3.23. The van der Waals surface area contributed by atoms with Crippen LogP contribution in [0.4, 0.5) is 11.4 Å². The molecule has 1 aromatic carbocycles. The molecule has 0 saturated carbocycles. The number of imide groups is 1. The quantitative estimate of drug-likeness (QED) is 0.692. The summed E-state index contributed by atoms with van der Waals surface area (Å²) < 4.78 is 5.23. The molecule has 9 heteroatoms. The Morgan fingerprint density at radius 2 is 1.86 bits per heavy atom. The smallest absolute Gasteiger partial charge is 0.263 e. The average molecular weight is 396 g/mol. The third-order valence-electron chi connectivity index (χ3n) is 4.35. The Morgan fingerprint density at radius 3 is 2.55 bits per heavy atom. The van der Waals surface area contributed by atoms with Gasteiger partial charge in [-0.25, -0.2) is 0 Å². The fourth-order valence-corrected chi connectivity index (χ4v) is 3.03. The first kappa shape index (κ1) is 20.0. The lowest BCUT2D eigenvalue weighted by molar-refractivity contribution is -0.116. The van der Waals surface area contributed by atoms with E-state index in [4.69, 9.17) is 4.74 Å². The number of hydrogen-bond acceptors (Lipinski definition) is 6. The maximum atomic E-state index is 12.3. The normalized spacial score (nSPS) is 12.6. The van der Waals surface area contributed by atoms with Crippen LogP contribution in [0.1, 0.15) is 40.5 Å². The molecule has 0 aliphatic carbocycles. The van der Waals surface area contributed by atoms with E-state index in [1.807, 2.05) is 0 Å². The van der Waals surface area contributed by atoms with Gasteiger partial charge < -0.3 is 15.4 Å². The third-order valence-corrected chi connectivity index (χ3v) is 4.35. The largest absolute Gasteiger partial charge is 0.495 e. The van der Waals surface area contributed by atoms with Gasteiger partial charge in [-0.1, -0.05) is 0 Å². The molecular formula is C20H20N4O5. The molecule has 1 aliphatic heterocycles. The van der Waals surface area contributed by atoms with E-state index in [-0.39, 0.29) is 36.3 Å². The zero-order valence-corrected chi connectivity index (χ0v) is 16.0. The molecule has 150 valence electrons. The number of carbonyl (C=O) groups is 4. The molecule has 2 heterocycles. The fraction of sp³-hybridized carbons (Fsp3) is 0.250. The van der Waals surface area contributed by atoms with Crippen molar-refractivity contribution in [2.75, 3.05) is 24.3 Å². The molecule has 1 aliphatic rings. The minimum Gasteiger partial charge on any atom is -0.495 e. The molecule has 0 atom stereocenters. The summed E-state index contributed by atoms with van der Waals surface area (Å²) in [5.41, 5.74) is 1.54. The topological polar surface area (TPSA) is 118 Å². The van der Waals surface area contributed by atoms with E-state index >= 15 is 0 Å². The van der Waals surface area contributed by atoms with Gasteiger partial charge in [-0.05, 0) is 30.7 Å². The van der Waals surface area contributed by atoms with Crippen LogP contribution in [0.3, 0.4) is 0 Å². The molecule has 2 N–H and O–H groups in total. The SMILES string of the molecule is COc1ccc(NC(C)=O)cc1NC(=O)CCCN1C(=O)c2ccncc2C1=O. The van der Waals surface area contributed by atoms with Crippen molar-refractivity contribution in [2.24, 2.45) is 0 Å². The van der Waals surface area contributed by atoms with Gasteiger partial charge in [0.15, 0.2) is 0 Å².